The fourth-order valence-electron chi connectivity index (χ4n) is 5.98. The second-order valence-corrected chi connectivity index (χ2v) is 10.8. The number of pyridine rings is 1. The van der Waals surface area contributed by atoms with Gasteiger partial charge in [0, 0.05) is 23.5 Å². The van der Waals surface area contributed by atoms with Gasteiger partial charge in [-0.25, -0.2) is 18.4 Å². The van der Waals surface area contributed by atoms with Gasteiger partial charge in [0.05, 0.1) is 61.2 Å². The van der Waals surface area contributed by atoms with Crippen LogP contribution in [0.4, 0.5) is 14.6 Å². The van der Waals surface area contributed by atoms with Crippen LogP contribution >= 0.6 is 0 Å². The van der Waals surface area contributed by atoms with Crippen LogP contribution in [0.1, 0.15) is 38.8 Å². The first-order valence-corrected chi connectivity index (χ1v) is 13.9. The Morgan fingerprint density at radius 2 is 1.98 bits per heavy atom. The summed E-state index contributed by atoms with van der Waals surface area (Å²) in [7, 11) is 0. The van der Waals surface area contributed by atoms with Crippen LogP contribution in [0.15, 0.2) is 54.9 Å². The molecule has 7 rings (SSSR count). The Labute approximate surface area is 244 Å². The number of halogens is 2. The van der Waals surface area contributed by atoms with Crippen molar-refractivity contribution >= 4 is 22.5 Å². The van der Waals surface area contributed by atoms with Crippen molar-refractivity contribution in [3.63, 3.8) is 0 Å². The molecule has 0 spiro atoms. The number of aliphatic hydroxyl groups excluding tert-OH is 1. The van der Waals surface area contributed by atoms with E-state index in [0.717, 1.165) is 47.1 Å². The van der Waals surface area contributed by atoms with Gasteiger partial charge in [-0.05, 0) is 54.3 Å². The Balaban J connectivity index is 1.16. The highest BCUT2D eigenvalue weighted by molar-refractivity contribution is 6.12. The number of aliphatic hydroxyl groups is 1. The number of nitrogens with one attached hydrogen (secondary N) is 1. The van der Waals surface area contributed by atoms with Crippen molar-refractivity contribution in [3.05, 3.63) is 94.4 Å². The molecular formula is C31H28F2N6O4. The predicted molar refractivity (Wildman–Crippen MR) is 154 cm³/mol. The van der Waals surface area contributed by atoms with Gasteiger partial charge in [-0.1, -0.05) is 12.1 Å². The molecule has 12 heteroatoms. The number of carbonyl (C=O) groups excluding carboxylic acids is 1. The molecule has 0 radical (unpaired) electrons. The molecule has 0 amide bonds. The molecule has 2 aliphatic rings. The van der Waals surface area contributed by atoms with Crippen molar-refractivity contribution in [1.29, 1.82) is 0 Å². The van der Waals surface area contributed by atoms with Crippen molar-refractivity contribution in [2.75, 3.05) is 32.1 Å². The fraction of sp³-hybridized carbons (Fsp3) is 0.258. The zero-order chi connectivity index (χ0) is 29.8. The van der Waals surface area contributed by atoms with E-state index in [9.17, 15) is 18.7 Å². The number of ether oxygens (including phenoxy) is 2. The van der Waals surface area contributed by atoms with Gasteiger partial charge < -0.3 is 25.3 Å². The lowest BCUT2D eigenvalue weighted by atomic mass is 9.89. The van der Waals surface area contributed by atoms with E-state index >= 15 is 0 Å². The monoisotopic (exact) mass is 586 g/mol. The standard InChI is InChI=1S/C31H28F2N6O4/c1-16-9-28(43-30-22(32)3-2-4-23(30)33)35-12-26(16)39-31(34)21(11-36-39)29(41)25-10-20-18-7-8-38(17-14-42-15-17)27(13-40)19(18)5-6-24(20)37-25/h2-6,9-12,17,27,37,40H,7-8,13-15,34H2,1H3. The third-order valence-electron chi connectivity index (χ3n) is 8.30. The van der Waals surface area contributed by atoms with Crippen LogP contribution in [-0.2, 0) is 11.2 Å². The lowest BCUT2D eigenvalue weighted by Crippen LogP contribution is -2.53. The number of hydrogen-bond acceptors (Lipinski definition) is 8. The third kappa shape index (κ3) is 4.54. The number of carbonyl (C=O) groups is 1. The summed E-state index contributed by atoms with van der Waals surface area (Å²) in [5.74, 6) is -2.47. The van der Waals surface area contributed by atoms with Crippen LogP contribution in [0.25, 0.3) is 16.6 Å². The van der Waals surface area contributed by atoms with Crippen molar-refractivity contribution < 1.29 is 28.2 Å². The first-order valence-electron chi connectivity index (χ1n) is 13.9. The Kier molecular flexibility index (Phi) is 6.68. The Bertz CT molecular complexity index is 1860. The number of nitrogens with two attached hydrogens (primary N) is 1. The number of anilines is 1. The molecule has 1 atom stereocenters. The maximum Gasteiger partial charge on any atom is 0.219 e. The van der Waals surface area contributed by atoms with Gasteiger partial charge in [0.1, 0.15) is 5.82 Å². The zero-order valence-corrected chi connectivity index (χ0v) is 23.2. The van der Waals surface area contributed by atoms with Crippen LogP contribution in [0.3, 0.4) is 0 Å². The molecule has 0 saturated carbocycles. The van der Waals surface area contributed by atoms with Crippen LogP contribution < -0.4 is 10.5 Å². The number of aromatic nitrogens is 4. The molecule has 3 aromatic heterocycles. The summed E-state index contributed by atoms with van der Waals surface area (Å²) >= 11 is 0. The number of nitrogens with zero attached hydrogens (tertiary/aromatic N) is 4. The second-order valence-electron chi connectivity index (χ2n) is 10.8. The minimum absolute atomic E-state index is 0.00233. The van der Waals surface area contributed by atoms with E-state index in [4.69, 9.17) is 15.2 Å². The fourth-order valence-corrected chi connectivity index (χ4v) is 5.98. The lowest BCUT2D eigenvalue weighted by Gasteiger charge is -2.45. The SMILES string of the molecule is Cc1cc(Oc2c(F)cccc2F)ncc1-n1ncc(C(=O)c2cc3c4c(ccc3[nH]2)C(CO)N(C2COC2)CC4)c1N. The molecular weight excluding hydrogens is 558 g/mol. The van der Waals surface area contributed by atoms with Crippen LogP contribution in [0.2, 0.25) is 0 Å². The van der Waals surface area contributed by atoms with Crippen LogP contribution in [-0.4, -0.2) is 67.9 Å². The predicted octanol–water partition coefficient (Wildman–Crippen LogP) is 4.23. The highest BCUT2D eigenvalue weighted by atomic mass is 19.1. The molecule has 0 aliphatic carbocycles. The summed E-state index contributed by atoms with van der Waals surface area (Å²) in [4.78, 5) is 23.3. The highest BCUT2D eigenvalue weighted by Gasteiger charge is 2.36. The van der Waals surface area contributed by atoms with Crippen molar-refractivity contribution in [2.24, 2.45) is 0 Å². The summed E-state index contributed by atoms with van der Waals surface area (Å²) in [5.41, 5.74) is 11.1. The van der Waals surface area contributed by atoms with Gasteiger partial charge in [-0.3, -0.25) is 9.69 Å². The van der Waals surface area contributed by atoms with Gasteiger partial charge in [0.15, 0.2) is 11.6 Å². The minimum Gasteiger partial charge on any atom is -0.433 e. The number of fused-ring (bicyclic) bond motifs is 3. The quantitative estimate of drug-likeness (QED) is 0.242. The average molecular weight is 587 g/mol. The zero-order valence-electron chi connectivity index (χ0n) is 23.2. The molecule has 1 saturated heterocycles. The number of nitrogen functional groups attached to an aromatic ring is 1. The first-order chi connectivity index (χ1) is 20.8. The summed E-state index contributed by atoms with van der Waals surface area (Å²) in [6.07, 6.45) is 3.60. The maximum atomic E-state index is 14.0. The molecule has 5 heterocycles. The van der Waals surface area contributed by atoms with E-state index in [0.29, 0.717) is 36.2 Å². The Morgan fingerprint density at radius 3 is 2.67 bits per heavy atom. The molecule has 4 N–H and O–H groups in total. The third-order valence-corrected chi connectivity index (χ3v) is 8.30. The number of aromatic amines is 1. The molecule has 220 valence electrons. The van der Waals surface area contributed by atoms with Crippen LogP contribution in [0, 0.1) is 18.6 Å². The van der Waals surface area contributed by atoms with E-state index in [1.807, 2.05) is 18.2 Å². The molecule has 2 aromatic carbocycles. The molecule has 10 nitrogen and oxygen atoms in total. The Morgan fingerprint density at radius 1 is 1.19 bits per heavy atom. The van der Waals surface area contributed by atoms with Gasteiger partial charge in [-0.2, -0.15) is 5.10 Å². The Hall–Kier alpha value is -4.65. The number of rotatable bonds is 7. The molecule has 2 aliphatic heterocycles. The number of H-pyrrole nitrogens is 1. The van der Waals surface area contributed by atoms with E-state index in [-0.39, 0.29) is 35.7 Å². The minimum atomic E-state index is -0.848. The van der Waals surface area contributed by atoms with E-state index < -0.39 is 17.4 Å². The van der Waals surface area contributed by atoms with Crippen LogP contribution in [0.5, 0.6) is 11.6 Å². The molecule has 1 fully saturated rings. The van der Waals surface area contributed by atoms with Gasteiger partial charge >= 0.3 is 0 Å². The number of hydrogen-bond donors (Lipinski definition) is 3. The number of benzene rings is 2. The summed E-state index contributed by atoms with van der Waals surface area (Å²) < 4.78 is 40.2. The molecule has 0 bridgehead atoms. The van der Waals surface area contributed by atoms with Crippen molar-refractivity contribution in [1.82, 2.24) is 24.6 Å². The highest BCUT2D eigenvalue weighted by Crippen LogP contribution is 2.37. The number of ketones is 1. The summed E-state index contributed by atoms with van der Waals surface area (Å²) in [6, 6.07) is 10.9. The van der Waals surface area contributed by atoms with E-state index in [1.54, 1.807) is 6.92 Å². The van der Waals surface area contributed by atoms with E-state index in [1.165, 1.54) is 29.2 Å². The van der Waals surface area contributed by atoms with E-state index in [2.05, 4.69) is 20.0 Å². The average Bonchev–Trinajstić information content (AvgIpc) is 3.58. The first kappa shape index (κ1) is 27.2. The smallest absolute Gasteiger partial charge is 0.219 e. The van der Waals surface area contributed by atoms with Gasteiger partial charge in [0.2, 0.25) is 17.4 Å². The van der Waals surface area contributed by atoms with Crippen molar-refractivity contribution in [3.8, 4) is 17.3 Å². The molecule has 5 aromatic rings. The topological polar surface area (TPSA) is 132 Å². The van der Waals surface area contributed by atoms with Gasteiger partial charge in [-0.15, -0.1) is 0 Å². The largest absolute Gasteiger partial charge is 0.433 e. The number of para-hydroxylation sites is 1. The molecule has 1 unspecified atom stereocenters. The summed E-state index contributed by atoms with van der Waals surface area (Å²) in [5, 5.41) is 15.5. The normalized spacial score (nSPS) is 17.2. The number of aryl methyl sites for hydroxylation is 1. The second kappa shape index (κ2) is 10.6. The van der Waals surface area contributed by atoms with Gasteiger partial charge in [0.25, 0.3) is 0 Å². The van der Waals surface area contributed by atoms with Crippen molar-refractivity contribution in [2.45, 2.75) is 25.4 Å². The molecule has 43 heavy (non-hydrogen) atoms. The lowest BCUT2D eigenvalue weighted by molar-refractivity contribution is -0.0888. The summed E-state index contributed by atoms with van der Waals surface area (Å²) in [6.45, 7) is 3.89. The maximum absolute atomic E-state index is 14.0.